The number of rotatable bonds is 6. The molecule has 2 rings (SSSR count). The maximum Gasteiger partial charge on any atom is 0.224 e. The van der Waals surface area contributed by atoms with Gasteiger partial charge in [0.05, 0.1) is 12.1 Å². The van der Waals surface area contributed by atoms with Crippen molar-refractivity contribution in [3.63, 3.8) is 0 Å². The summed E-state index contributed by atoms with van der Waals surface area (Å²) in [5.41, 5.74) is 6.75. The van der Waals surface area contributed by atoms with E-state index in [1.165, 1.54) is 0 Å². The quantitative estimate of drug-likeness (QED) is 0.746. The fourth-order valence-electron chi connectivity index (χ4n) is 1.80. The Hall–Kier alpha value is -1.36. The molecule has 1 unspecified atom stereocenters. The first-order valence-corrected chi connectivity index (χ1v) is 6.24. The fraction of sp³-hybridized carbons (Fsp3) is 0.667. The third-order valence-corrected chi connectivity index (χ3v) is 3.07. The van der Waals surface area contributed by atoms with Gasteiger partial charge in [-0.15, -0.1) is 0 Å². The number of nitrogens with two attached hydrogens (primary N) is 1. The summed E-state index contributed by atoms with van der Waals surface area (Å²) in [6.07, 6.45) is 6.69. The molecule has 1 fully saturated rings. The average molecular weight is 236 g/mol. The molecule has 3 N–H and O–H groups in total. The van der Waals surface area contributed by atoms with Gasteiger partial charge in [0.2, 0.25) is 5.91 Å². The summed E-state index contributed by atoms with van der Waals surface area (Å²) >= 11 is 0. The van der Waals surface area contributed by atoms with Crippen molar-refractivity contribution >= 4 is 5.91 Å². The highest BCUT2D eigenvalue weighted by molar-refractivity contribution is 5.79. The number of amides is 1. The molecule has 1 heterocycles. The Bertz CT molecular complexity index is 384. The Balaban J connectivity index is 1.91. The van der Waals surface area contributed by atoms with Gasteiger partial charge >= 0.3 is 0 Å². The minimum absolute atomic E-state index is 0.0826. The van der Waals surface area contributed by atoms with E-state index in [0.29, 0.717) is 19.0 Å². The molecule has 0 bridgehead atoms. The van der Waals surface area contributed by atoms with Gasteiger partial charge in [-0.1, -0.05) is 0 Å². The summed E-state index contributed by atoms with van der Waals surface area (Å²) in [7, 11) is 0. The van der Waals surface area contributed by atoms with Crippen LogP contribution in [0.25, 0.3) is 0 Å². The van der Waals surface area contributed by atoms with E-state index in [4.69, 9.17) is 5.73 Å². The minimum Gasteiger partial charge on any atom is -0.353 e. The molecule has 1 aromatic rings. The van der Waals surface area contributed by atoms with Gasteiger partial charge in [0.1, 0.15) is 0 Å². The lowest BCUT2D eigenvalue weighted by atomic mass is 10.0. The second kappa shape index (κ2) is 5.31. The van der Waals surface area contributed by atoms with E-state index < -0.39 is 0 Å². The Morgan fingerprint density at radius 1 is 1.71 bits per heavy atom. The molecule has 94 valence electrons. The van der Waals surface area contributed by atoms with Gasteiger partial charge in [-0.05, 0) is 31.7 Å². The molecule has 1 amide bonds. The number of nitrogens with zero attached hydrogens (tertiary/aromatic N) is 2. The van der Waals surface area contributed by atoms with Gasteiger partial charge in [0, 0.05) is 25.3 Å². The molecule has 0 saturated heterocycles. The van der Waals surface area contributed by atoms with Crippen LogP contribution < -0.4 is 11.1 Å². The molecular weight excluding hydrogens is 216 g/mol. The minimum atomic E-state index is -0.134. The summed E-state index contributed by atoms with van der Waals surface area (Å²) in [4.78, 5) is 11.9. The molecular formula is C12H20N4O. The second-order valence-corrected chi connectivity index (χ2v) is 4.62. The molecule has 1 aliphatic rings. The van der Waals surface area contributed by atoms with Crippen LogP contribution in [-0.2, 0) is 17.8 Å². The smallest absolute Gasteiger partial charge is 0.224 e. The molecule has 0 radical (unpaired) electrons. The summed E-state index contributed by atoms with van der Waals surface area (Å²) in [6.45, 7) is 3.27. The van der Waals surface area contributed by atoms with E-state index in [-0.39, 0.29) is 11.8 Å². The van der Waals surface area contributed by atoms with Crippen molar-refractivity contribution in [2.24, 2.45) is 11.7 Å². The van der Waals surface area contributed by atoms with Gasteiger partial charge in [0.25, 0.3) is 0 Å². The number of hydrogen-bond acceptors (Lipinski definition) is 3. The van der Waals surface area contributed by atoms with Crippen LogP contribution in [0, 0.1) is 5.92 Å². The number of carbonyl (C=O) groups is 1. The van der Waals surface area contributed by atoms with Gasteiger partial charge in [-0.2, -0.15) is 5.10 Å². The lowest BCUT2D eigenvalue weighted by molar-refractivity contribution is -0.124. The summed E-state index contributed by atoms with van der Waals surface area (Å²) in [5, 5.41) is 7.20. The Labute approximate surface area is 101 Å². The summed E-state index contributed by atoms with van der Waals surface area (Å²) in [5.74, 6) is -0.0515. The number of nitrogens with one attached hydrogen (secondary N) is 1. The maximum atomic E-state index is 11.9. The predicted octanol–water partition coefficient (Wildman–Crippen LogP) is 0.299. The molecule has 1 aliphatic carbocycles. The van der Waals surface area contributed by atoms with Gasteiger partial charge in [-0.25, -0.2) is 0 Å². The van der Waals surface area contributed by atoms with Crippen molar-refractivity contribution in [3.05, 3.63) is 18.0 Å². The first-order chi connectivity index (χ1) is 8.22. The van der Waals surface area contributed by atoms with Crippen LogP contribution in [0.15, 0.2) is 12.4 Å². The van der Waals surface area contributed by atoms with Crippen molar-refractivity contribution in [3.8, 4) is 0 Å². The highest BCUT2D eigenvalue weighted by Crippen LogP contribution is 2.19. The molecule has 0 aliphatic heterocycles. The molecule has 0 aromatic carbocycles. The first-order valence-electron chi connectivity index (χ1n) is 6.24. The topological polar surface area (TPSA) is 72.9 Å². The first kappa shape index (κ1) is 12.1. The summed E-state index contributed by atoms with van der Waals surface area (Å²) < 4.78 is 1.86. The molecule has 1 saturated carbocycles. The molecule has 1 aromatic heterocycles. The number of carbonyl (C=O) groups excluding carboxylic acids is 1. The molecule has 1 atom stereocenters. The predicted molar refractivity (Wildman–Crippen MR) is 65.3 cm³/mol. The zero-order valence-electron chi connectivity index (χ0n) is 10.2. The van der Waals surface area contributed by atoms with E-state index in [2.05, 4.69) is 10.4 Å². The zero-order valence-corrected chi connectivity index (χ0v) is 10.2. The molecule has 17 heavy (non-hydrogen) atoms. The van der Waals surface area contributed by atoms with Crippen LogP contribution in [0.3, 0.4) is 0 Å². The number of aromatic nitrogens is 2. The maximum absolute atomic E-state index is 11.9. The lowest BCUT2D eigenvalue weighted by Crippen LogP contribution is -2.37. The normalized spacial score (nSPS) is 16.8. The van der Waals surface area contributed by atoms with Crippen LogP contribution in [0.1, 0.15) is 25.3 Å². The largest absolute Gasteiger partial charge is 0.353 e. The van der Waals surface area contributed by atoms with Crippen molar-refractivity contribution in [2.45, 2.75) is 38.8 Å². The number of aryl methyl sites for hydroxylation is 1. The third-order valence-electron chi connectivity index (χ3n) is 3.07. The van der Waals surface area contributed by atoms with E-state index in [0.717, 1.165) is 24.9 Å². The van der Waals surface area contributed by atoms with Crippen molar-refractivity contribution < 1.29 is 4.79 Å². The van der Waals surface area contributed by atoms with Crippen molar-refractivity contribution in [1.82, 2.24) is 15.1 Å². The van der Waals surface area contributed by atoms with Crippen LogP contribution >= 0.6 is 0 Å². The molecule has 0 spiro atoms. The van der Waals surface area contributed by atoms with E-state index in [1.807, 2.05) is 24.0 Å². The van der Waals surface area contributed by atoms with Crippen LogP contribution in [0.4, 0.5) is 0 Å². The lowest BCUT2D eigenvalue weighted by Gasteiger charge is -2.13. The Morgan fingerprint density at radius 3 is 3.00 bits per heavy atom. The highest BCUT2D eigenvalue weighted by Gasteiger charge is 2.27. The summed E-state index contributed by atoms with van der Waals surface area (Å²) in [6, 6.07) is 0.398. The van der Waals surface area contributed by atoms with E-state index >= 15 is 0 Å². The SMILES string of the molecule is CCn1cc(CC(CN)C(=O)NC2CC2)cn1. The van der Waals surface area contributed by atoms with Crippen molar-refractivity contribution in [2.75, 3.05) is 6.54 Å². The third kappa shape index (κ3) is 3.30. The second-order valence-electron chi connectivity index (χ2n) is 4.62. The number of hydrogen-bond donors (Lipinski definition) is 2. The standard InChI is InChI=1S/C12H20N4O/c1-2-16-8-9(7-14-16)5-10(6-13)12(17)15-11-3-4-11/h7-8,10-11H,2-6,13H2,1H3,(H,15,17). The van der Waals surface area contributed by atoms with Crippen LogP contribution in [-0.4, -0.2) is 28.3 Å². The van der Waals surface area contributed by atoms with Crippen LogP contribution in [0.5, 0.6) is 0 Å². The van der Waals surface area contributed by atoms with E-state index in [1.54, 1.807) is 0 Å². The molecule has 5 heteroatoms. The van der Waals surface area contributed by atoms with Crippen LogP contribution in [0.2, 0.25) is 0 Å². The Morgan fingerprint density at radius 2 is 2.47 bits per heavy atom. The van der Waals surface area contributed by atoms with Crippen molar-refractivity contribution in [1.29, 1.82) is 0 Å². The zero-order chi connectivity index (χ0) is 12.3. The van der Waals surface area contributed by atoms with Gasteiger partial charge in [0.15, 0.2) is 0 Å². The van der Waals surface area contributed by atoms with E-state index in [9.17, 15) is 4.79 Å². The fourth-order valence-corrected chi connectivity index (χ4v) is 1.80. The molecule has 5 nitrogen and oxygen atoms in total. The highest BCUT2D eigenvalue weighted by atomic mass is 16.2. The monoisotopic (exact) mass is 236 g/mol. The van der Waals surface area contributed by atoms with Gasteiger partial charge < -0.3 is 11.1 Å². The Kier molecular flexibility index (Phi) is 3.78. The van der Waals surface area contributed by atoms with Gasteiger partial charge in [-0.3, -0.25) is 9.48 Å². The average Bonchev–Trinajstić information content (AvgIpc) is 3.02.